The van der Waals surface area contributed by atoms with Gasteiger partial charge in [0.2, 0.25) is 0 Å². The summed E-state index contributed by atoms with van der Waals surface area (Å²) in [5, 5.41) is 10.5. The lowest BCUT2D eigenvalue weighted by atomic mass is 10.1. The van der Waals surface area contributed by atoms with Crippen molar-refractivity contribution in [2.24, 2.45) is 0 Å². The fourth-order valence-corrected chi connectivity index (χ4v) is 4.85. The summed E-state index contributed by atoms with van der Waals surface area (Å²) in [4.78, 5) is 0. The van der Waals surface area contributed by atoms with Gasteiger partial charge < -0.3 is 5.11 Å². The van der Waals surface area contributed by atoms with Gasteiger partial charge in [-0.05, 0) is 41.6 Å². The molecule has 1 fully saturated rings. The van der Waals surface area contributed by atoms with Crippen molar-refractivity contribution in [1.29, 1.82) is 0 Å². The molecular formula is C12H17ClOSi. The van der Waals surface area contributed by atoms with Crippen LogP contribution in [-0.4, -0.2) is 13.2 Å². The average molecular weight is 241 g/mol. The highest BCUT2D eigenvalue weighted by molar-refractivity contribution is 6.78. The second kappa shape index (κ2) is 3.53. The normalized spacial score (nSPS) is 25.3. The van der Waals surface area contributed by atoms with Crippen molar-refractivity contribution >= 4 is 19.7 Å². The third-order valence-corrected chi connectivity index (χ3v) is 6.39. The lowest BCUT2D eigenvalue weighted by Crippen LogP contribution is -2.20. The van der Waals surface area contributed by atoms with Crippen LogP contribution in [-0.2, 0) is 0 Å². The van der Waals surface area contributed by atoms with Gasteiger partial charge in [-0.3, -0.25) is 0 Å². The standard InChI is InChI=1S/C12H17ClOSi/c1-15(2,3)12-7-10(12)9-6-8(13)4-5-11(9)14/h4-6,10,12,14H,7H2,1-3H3/t10-,12+/m0/s1. The SMILES string of the molecule is C[Si](C)(C)[C@@H]1C[C@H]1c1cc(Cl)ccc1O. The van der Waals surface area contributed by atoms with Gasteiger partial charge in [-0.2, -0.15) is 0 Å². The number of hydrogen-bond acceptors (Lipinski definition) is 1. The molecule has 0 radical (unpaired) electrons. The maximum atomic E-state index is 9.79. The lowest BCUT2D eigenvalue weighted by Gasteiger charge is -2.15. The van der Waals surface area contributed by atoms with Gasteiger partial charge in [0.1, 0.15) is 5.75 Å². The second-order valence-corrected chi connectivity index (χ2v) is 11.4. The van der Waals surface area contributed by atoms with E-state index >= 15 is 0 Å². The van der Waals surface area contributed by atoms with E-state index in [1.165, 1.54) is 6.42 Å². The van der Waals surface area contributed by atoms with Crippen LogP contribution in [0.4, 0.5) is 0 Å². The molecule has 1 aliphatic carbocycles. The first kappa shape index (κ1) is 11.0. The van der Waals surface area contributed by atoms with Crippen molar-refractivity contribution in [3.63, 3.8) is 0 Å². The zero-order valence-electron chi connectivity index (χ0n) is 9.42. The summed E-state index contributed by atoms with van der Waals surface area (Å²) in [6, 6.07) is 5.37. The fourth-order valence-electron chi connectivity index (χ4n) is 2.32. The molecule has 0 amide bonds. The number of hydrogen-bond donors (Lipinski definition) is 1. The topological polar surface area (TPSA) is 20.2 Å². The van der Waals surface area contributed by atoms with Crippen LogP contribution in [0, 0.1) is 0 Å². The first-order chi connectivity index (χ1) is 6.89. The van der Waals surface area contributed by atoms with Crippen molar-refractivity contribution < 1.29 is 5.11 Å². The van der Waals surface area contributed by atoms with Gasteiger partial charge in [0, 0.05) is 13.1 Å². The molecule has 0 saturated heterocycles. The first-order valence-electron chi connectivity index (χ1n) is 5.38. The maximum absolute atomic E-state index is 9.79. The first-order valence-corrected chi connectivity index (χ1v) is 9.33. The molecular weight excluding hydrogens is 224 g/mol. The highest BCUT2D eigenvalue weighted by Gasteiger charge is 2.47. The number of aromatic hydroxyl groups is 1. The average Bonchev–Trinajstić information content (AvgIpc) is 2.87. The summed E-state index contributed by atoms with van der Waals surface area (Å²) in [5.41, 5.74) is 1.86. The van der Waals surface area contributed by atoms with Crippen LogP contribution >= 0.6 is 11.6 Å². The molecule has 0 bridgehead atoms. The van der Waals surface area contributed by atoms with Crippen LogP contribution in [0.1, 0.15) is 17.9 Å². The maximum Gasteiger partial charge on any atom is 0.119 e. The third-order valence-electron chi connectivity index (χ3n) is 3.29. The molecule has 0 unspecified atom stereocenters. The zero-order valence-corrected chi connectivity index (χ0v) is 11.2. The third kappa shape index (κ3) is 2.21. The number of benzene rings is 1. The van der Waals surface area contributed by atoms with Gasteiger partial charge in [0.25, 0.3) is 0 Å². The summed E-state index contributed by atoms with van der Waals surface area (Å²) in [6.45, 7) is 7.16. The Kier molecular flexibility index (Phi) is 2.59. The molecule has 1 aromatic rings. The van der Waals surface area contributed by atoms with Crippen LogP contribution in [0.3, 0.4) is 0 Å². The van der Waals surface area contributed by atoms with E-state index < -0.39 is 8.07 Å². The van der Waals surface area contributed by atoms with Gasteiger partial charge in [-0.15, -0.1) is 0 Å². The number of halogens is 1. The molecule has 15 heavy (non-hydrogen) atoms. The predicted molar refractivity (Wildman–Crippen MR) is 67.6 cm³/mol. The number of phenols is 1. The van der Waals surface area contributed by atoms with Gasteiger partial charge in [-0.25, -0.2) is 0 Å². The van der Waals surface area contributed by atoms with Crippen LogP contribution in [0.2, 0.25) is 30.2 Å². The molecule has 3 heteroatoms. The van der Waals surface area contributed by atoms with E-state index in [1.807, 2.05) is 6.07 Å². The lowest BCUT2D eigenvalue weighted by molar-refractivity contribution is 0.468. The molecule has 1 N–H and O–H groups in total. The van der Waals surface area contributed by atoms with E-state index in [4.69, 9.17) is 11.6 Å². The Morgan fingerprint density at radius 2 is 2.00 bits per heavy atom. The monoisotopic (exact) mass is 240 g/mol. The molecule has 1 aromatic carbocycles. The minimum Gasteiger partial charge on any atom is -0.508 e. The van der Waals surface area contributed by atoms with E-state index in [0.717, 1.165) is 16.1 Å². The van der Waals surface area contributed by atoms with Crippen LogP contribution in [0.15, 0.2) is 18.2 Å². The molecule has 0 spiro atoms. The molecule has 0 aliphatic heterocycles. The van der Waals surface area contributed by atoms with E-state index in [1.54, 1.807) is 12.1 Å². The van der Waals surface area contributed by atoms with Crippen LogP contribution < -0.4 is 0 Å². The van der Waals surface area contributed by atoms with Crippen molar-refractivity contribution in [3.05, 3.63) is 28.8 Å². The minimum absolute atomic E-state index is 0.408. The summed E-state index contributed by atoms with van der Waals surface area (Å²) in [5.74, 6) is 0.959. The van der Waals surface area contributed by atoms with Gasteiger partial charge in [0.05, 0.1) is 0 Å². The van der Waals surface area contributed by atoms with Crippen molar-refractivity contribution in [2.45, 2.75) is 37.5 Å². The van der Waals surface area contributed by atoms with Crippen molar-refractivity contribution in [2.75, 3.05) is 0 Å². The van der Waals surface area contributed by atoms with Gasteiger partial charge in [-0.1, -0.05) is 31.2 Å². The number of rotatable bonds is 2. The molecule has 2 rings (SSSR count). The molecule has 82 valence electrons. The summed E-state index contributed by atoms with van der Waals surface area (Å²) < 4.78 is 0. The zero-order chi connectivity index (χ0) is 11.2. The van der Waals surface area contributed by atoms with Crippen molar-refractivity contribution in [1.82, 2.24) is 0 Å². The quantitative estimate of drug-likeness (QED) is 0.767. The molecule has 0 heterocycles. The molecule has 2 atom stereocenters. The van der Waals surface area contributed by atoms with E-state index in [9.17, 15) is 5.11 Å². The number of phenolic OH excluding ortho intramolecular Hbond substituents is 1. The summed E-state index contributed by atoms with van der Waals surface area (Å²) in [7, 11) is -1.06. The fraction of sp³-hybridized carbons (Fsp3) is 0.500. The Balaban J connectivity index is 2.23. The Morgan fingerprint density at radius 1 is 1.33 bits per heavy atom. The van der Waals surface area contributed by atoms with Crippen LogP contribution in [0.25, 0.3) is 0 Å². The van der Waals surface area contributed by atoms with E-state index in [0.29, 0.717) is 11.7 Å². The van der Waals surface area contributed by atoms with Crippen LogP contribution in [0.5, 0.6) is 5.75 Å². The largest absolute Gasteiger partial charge is 0.508 e. The predicted octanol–water partition coefficient (Wildman–Crippen LogP) is 4.24. The second-order valence-electron chi connectivity index (χ2n) is 5.52. The highest BCUT2D eigenvalue weighted by Crippen LogP contribution is 2.60. The van der Waals surface area contributed by atoms with Gasteiger partial charge in [0.15, 0.2) is 0 Å². The summed E-state index contributed by atoms with van der Waals surface area (Å²) in [6.07, 6.45) is 1.23. The molecule has 1 aliphatic rings. The van der Waals surface area contributed by atoms with E-state index in [2.05, 4.69) is 19.6 Å². The Labute approximate surface area is 97.1 Å². The Bertz CT molecular complexity index is 384. The van der Waals surface area contributed by atoms with Crippen molar-refractivity contribution in [3.8, 4) is 5.75 Å². The molecule has 1 nitrogen and oxygen atoms in total. The highest BCUT2D eigenvalue weighted by atomic mass is 35.5. The molecule has 1 saturated carbocycles. The Hall–Kier alpha value is -0.473. The summed E-state index contributed by atoms with van der Waals surface area (Å²) >= 11 is 5.95. The van der Waals surface area contributed by atoms with E-state index in [-0.39, 0.29) is 0 Å². The molecule has 0 aromatic heterocycles. The van der Waals surface area contributed by atoms with Gasteiger partial charge >= 0.3 is 0 Å². The Morgan fingerprint density at radius 3 is 2.53 bits per heavy atom. The minimum atomic E-state index is -1.06. The smallest absolute Gasteiger partial charge is 0.119 e.